The number of hydrogen-bond donors (Lipinski definition) is 1. The third-order valence-electron chi connectivity index (χ3n) is 4.99. The monoisotopic (exact) mass is 377 g/mol. The van der Waals surface area contributed by atoms with Crippen LogP contribution in [0.25, 0.3) is 0 Å². The van der Waals surface area contributed by atoms with Crippen molar-refractivity contribution in [1.29, 1.82) is 0 Å². The first-order valence-corrected chi connectivity index (χ1v) is 10.8. The highest BCUT2D eigenvalue weighted by Gasteiger charge is 2.16. The van der Waals surface area contributed by atoms with Crippen molar-refractivity contribution in [2.75, 3.05) is 0 Å². The average Bonchev–Trinajstić information content (AvgIpc) is 2.73. The molecule has 0 aromatic heterocycles. The van der Waals surface area contributed by atoms with Gasteiger partial charge in [-0.05, 0) is 17.5 Å². The summed E-state index contributed by atoms with van der Waals surface area (Å²) < 4.78 is 0. The van der Waals surface area contributed by atoms with Gasteiger partial charge in [-0.15, -0.1) is 5.92 Å². The van der Waals surface area contributed by atoms with Crippen molar-refractivity contribution in [1.82, 2.24) is 5.06 Å². The van der Waals surface area contributed by atoms with Crippen molar-refractivity contribution in [2.24, 2.45) is 0 Å². The van der Waals surface area contributed by atoms with Crippen LogP contribution < -0.4 is 0 Å². The zero-order valence-corrected chi connectivity index (χ0v) is 17.3. The summed E-state index contributed by atoms with van der Waals surface area (Å²) in [4.78, 5) is 0. The van der Waals surface area contributed by atoms with Crippen molar-refractivity contribution in [3.63, 3.8) is 0 Å². The van der Waals surface area contributed by atoms with E-state index in [9.17, 15) is 5.21 Å². The summed E-state index contributed by atoms with van der Waals surface area (Å²) in [6.45, 7) is 2.72. The summed E-state index contributed by atoms with van der Waals surface area (Å²) in [7, 11) is 0. The lowest BCUT2D eigenvalue weighted by molar-refractivity contribution is -0.121. The standard InChI is InChI=1S/C26H35NO/c1-2-3-4-5-6-7-8-9-10-17-22-26(25-20-15-12-16-21-25)27(28)23-24-18-13-11-14-19-24/h11-16,18-21,26,28H,2-10,23H2,1H3. The molecule has 0 saturated heterocycles. The fourth-order valence-electron chi connectivity index (χ4n) is 3.34. The Morgan fingerprint density at radius 1 is 0.786 bits per heavy atom. The highest BCUT2D eigenvalue weighted by molar-refractivity contribution is 5.27. The van der Waals surface area contributed by atoms with Crippen LogP contribution in [-0.4, -0.2) is 10.3 Å². The molecule has 2 aromatic carbocycles. The van der Waals surface area contributed by atoms with Crippen molar-refractivity contribution in [2.45, 2.75) is 77.3 Å². The molecule has 1 atom stereocenters. The maximum atomic E-state index is 10.7. The van der Waals surface area contributed by atoms with Crippen LogP contribution in [-0.2, 0) is 6.54 Å². The number of hydrogen-bond acceptors (Lipinski definition) is 2. The zero-order valence-electron chi connectivity index (χ0n) is 17.3. The summed E-state index contributed by atoms with van der Waals surface area (Å²) in [5.41, 5.74) is 2.11. The molecular formula is C26H35NO. The zero-order chi connectivity index (χ0) is 19.9. The molecule has 0 aliphatic carbocycles. The van der Waals surface area contributed by atoms with E-state index >= 15 is 0 Å². The normalized spacial score (nSPS) is 11.8. The highest BCUT2D eigenvalue weighted by atomic mass is 16.5. The Kier molecular flexibility index (Phi) is 11.1. The van der Waals surface area contributed by atoms with E-state index in [-0.39, 0.29) is 6.04 Å². The largest absolute Gasteiger partial charge is 0.312 e. The third kappa shape index (κ3) is 8.74. The van der Waals surface area contributed by atoms with Gasteiger partial charge >= 0.3 is 0 Å². The number of nitrogens with zero attached hydrogens (tertiary/aromatic N) is 1. The van der Waals surface area contributed by atoms with E-state index in [1.54, 1.807) is 0 Å². The summed E-state index contributed by atoms with van der Waals surface area (Å²) in [5, 5.41) is 12.0. The van der Waals surface area contributed by atoms with Gasteiger partial charge in [0.15, 0.2) is 0 Å². The molecule has 28 heavy (non-hydrogen) atoms. The van der Waals surface area contributed by atoms with Gasteiger partial charge in [0, 0.05) is 6.42 Å². The Hall–Kier alpha value is -2.08. The van der Waals surface area contributed by atoms with E-state index in [2.05, 4.69) is 18.8 Å². The van der Waals surface area contributed by atoms with Crippen LogP contribution in [0.3, 0.4) is 0 Å². The minimum atomic E-state index is -0.296. The average molecular weight is 378 g/mol. The quantitative estimate of drug-likeness (QED) is 0.241. The molecule has 2 rings (SSSR count). The first-order valence-electron chi connectivity index (χ1n) is 10.8. The molecule has 1 unspecified atom stereocenters. The summed E-state index contributed by atoms with van der Waals surface area (Å²) in [6, 6.07) is 19.8. The number of rotatable bonds is 12. The molecule has 0 spiro atoms. The van der Waals surface area contributed by atoms with Crippen molar-refractivity contribution < 1.29 is 5.21 Å². The van der Waals surface area contributed by atoms with Gasteiger partial charge in [-0.1, -0.05) is 118 Å². The lowest BCUT2D eigenvalue weighted by Crippen LogP contribution is -2.23. The Morgan fingerprint density at radius 3 is 2.00 bits per heavy atom. The van der Waals surface area contributed by atoms with Gasteiger partial charge in [0.2, 0.25) is 0 Å². The molecule has 1 N–H and O–H groups in total. The van der Waals surface area contributed by atoms with E-state index in [1.807, 2.05) is 60.7 Å². The second kappa shape index (κ2) is 14.0. The Balaban J connectivity index is 1.83. The number of unbranched alkanes of at least 4 members (excludes halogenated alkanes) is 8. The molecule has 0 saturated carbocycles. The van der Waals surface area contributed by atoms with Crippen LogP contribution in [0.5, 0.6) is 0 Å². The number of hydroxylamine groups is 2. The topological polar surface area (TPSA) is 23.5 Å². The Labute approximate surface area is 171 Å². The second-order valence-electron chi connectivity index (χ2n) is 7.44. The summed E-state index contributed by atoms with van der Waals surface area (Å²) in [6.07, 6.45) is 11.4. The smallest absolute Gasteiger partial charge is 0.121 e. The summed E-state index contributed by atoms with van der Waals surface area (Å²) in [5.74, 6) is 6.61. The molecule has 0 heterocycles. The first kappa shape index (κ1) is 22.2. The first-order chi connectivity index (χ1) is 13.8. The SMILES string of the molecule is CCCCCCCCCCC#CC(c1ccccc1)N(O)Cc1ccccc1. The molecule has 0 amide bonds. The van der Waals surface area contributed by atoms with E-state index in [1.165, 1.54) is 50.0 Å². The van der Waals surface area contributed by atoms with Crippen LogP contribution in [0.4, 0.5) is 0 Å². The van der Waals surface area contributed by atoms with Crippen LogP contribution in [0.1, 0.15) is 81.9 Å². The Morgan fingerprint density at radius 2 is 1.36 bits per heavy atom. The second-order valence-corrected chi connectivity index (χ2v) is 7.44. The molecule has 0 radical (unpaired) electrons. The third-order valence-corrected chi connectivity index (χ3v) is 4.99. The van der Waals surface area contributed by atoms with Crippen molar-refractivity contribution in [3.8, 4) is 11.8 Å². The van der Waals surface area contributed by atoms with Crippen molar-refractivity contribution in [3.05, 3.63) is 71.8 Å². The lowest BCUT2D eigenvalue weighted by Gasteiger charge is -2.22. The van der Waals surface area contributed by atoms with E-state index < -0.39 is 0 Å². The predicted molar refractivity (Wildman–Crippen MR) is 118 cm³/mol. The maximum Gasteiger partial charge on any atom is 0.121 e. The Bertz CT molecular complexity index is 687. The highest BCUT2D eigenvalue weighted by Crippen LogP contribution is 2.20. The summed E-state index contributed by atoms with van der Waals surface area (Å²) >= 11 is 0. The van der Waals surface area contributed by atoms with Gasteiger partial charge in [-0.3, -0.25) is 0 Å². The molecule has 150 valence electrons. The minimum Gasteiger partial charge on any atom is -0.312 e. The molecule has 0 aliphatic heterocycles. The molecule has 2 aromatic rings. The van der Waals surface area contributed by atoms with Crippen LogP contribution >= 0.6 is 0 Å². The van der Waals surface area contributed by atoms with Crippen molar-refractivity contribution >= 4 is 0 Å². The molecule has 2 heteroatoms. The molecule has 2 nitrogen and oxygen atoms in total. The lowest BCUT2D eigenvalue weighted by atomic mass is 10.1. The number of benzene rings is 2. The fourth-order valence-corrected chi connectivity index (χ4v) is 3.34. The maximum absolute atomic E-state index is 10.7. The molecule has 0 fully saturated rings. The minimum absolute atomic E-state index is 0.296. The van der Waals surface area contributed by atoms with Crippen LogP contribution in [0.15, 0.2) is 60.7 Å². The van der Waals surface area contributed by atoms with Gasteiger partial charge in [0.1, 0.15) is 6.04 Å². The fraction of sp³-hybridized carbons (Fsp3) is 0.462. The molecular weight excluding hydrogens is 342 g/mol. The van der Waals surface area contributed by atoms with Gasteiger partial charge in [0.05, 0.1) is 6.54 Å². The predicted octanol–water partition coefficient (Wildman–Crippen LogP) is 7.15. The van der Waals surface area contributed by atoms with Gasteiger partial charge < -0.3 is 5.21 Å². The van der Waals surface area contributed by atoms with Gasteiger partial charge in [0.25, 0.3) is 0 Å². The van der Waals surface area contributed by atoms with E-state index in [0.717, 1.165) is 24.0 Å². The molecule has 0 bridgehead atoms. The van der Waals surface area contributed by atoms with Gasteiger partial charge in [-0.2, -0.15) is 5.06 Å². The van der Waals surface area contributed by atoms with Gasteiger partial charge in [-0.25, -0.2) is 0 Å². The van der Waals surface area contributed by atoms with E-state index in [4.69, 9.17) is 0 Å². The molecule has 0 aliphatic rings. The van der Waals surface area contributed by atoms with Crippen LogP contribution in [0, 0.1) is 11.8 Å². The van der Waals surface area contributed by atoms with E-state index in [0.29, 0.717) is 6.54 Å². The van der Waals surface area contributed by atoms with Crippen LogP contribution in [0.2, 0.25) is 0 Å².